The van der Waals surface area contributed by atoms with E-state index in [1.165, 1.54) is 4.31 Å². The molecule has 1 saturated heterocycles. The van der Waals surface area contributed by atoms with Crippen molar-refractivity contribution < 1.29 is 17.9 Å². The molecule has 1 fully saturated rings. The fourth-order valence-corrected chi connectivity index (χ4v) is 3.93. The molecule has 10 heteroatoms. The molecule has 9 nitrogen and oxygen atoms in total. The Morgan fingerprint density at radius 1 is 1.11 bits per heavy atom. The van der Waals surface area contributed by atoms with E-state index >= 15 is 0 Å². The number of amides is 1. The first-order valence-corrected chi connectivity index (χ1v) is 11.4. The molecule has 1 heterocycles. The van der Waals surface area contributed by atoms with Gasteiger partial charge in [0.05, 0.1) is 18.5 Å². The lowest BCUT2D eigenvalue weighted by molar-refractivity contribution is -0.128. The van der Waals surface area contributed by atoms with Crippen molar-refractivity contribution in [3.05, 3.63) is 0 Å². The van der Waals surface area contributed by atoms with Gasteiger partial charge in [0, 0.05) is 51.7 Å². The quantitative estimate of drug-likeness (QED) is 0.329. The van der Waals surface area contributed by atoms with Crippen molar-refractivity contribution in [1.82, 2.24) is 19.8 Å². The second-order valence-electron chi connectivity index (χ2n) is 8.10. The summed E-state index contributed by atoms with van der Waals surface area (Å²) in [5, 5.41) is 6.10. The van der Waals surface area contributed by atoms with Crippen LogP contribution in [-0.2, 0) is 19.6 Å². The average molecular weight is 420 g/mol. The van der Waals surface area contributed by atoms with Gasteiger partial charge in [-0.2, -0.15) is 4.31 Å². The smallest absolute Gasteiger partial charge is 0.225 e. The Bertz CT molecular complexity index is 620. The summed E-state index contributed by atoms with van der Waals surface area (Å²) in [5.41, 5.74) is -0.413. The number of hydrogen-bond acceptors (Lipinski definition) is 5. The molecule has 1 rings (SSSR count). The number of guanidine groups is 1. The highest BCUT2D eigenvalue weighted by Gasteiger charge is 2.28. The summed E-state index contributed by atoms with van der Waals surface area (Å²) in [6.07, 6.45) is 0.0228. The monoisotopic (exact) mass is 419 g/mol. The Labute approximate surface area is 169 Å². The molecule has 0 radical (unpaired) electrons. The summed E-state index contributed by atoms with van der Waals surface area (Å²) in [6, 6.07) is 0. The lowest BCUT2D eigenvalue weighted by atomic mass is 9.96. The molecule has 0 aromatic rings. The number of nitrogens with zero attached hydrogens (tertiary/aromatic N) is 3. The first-order chi connectivity index (χ1) is 13.0. The van der Waals surface area contributed by atoms with Crippen molar-refractivity contribution in [3.63, 3.8) is 0 Å². The molecule has 0 aromatic heterocycles. The predicted molar refractivity (Wildman–Crippen MR) is 112 cm³/mol. The third-order valence-corrected chi connectivity index (χ3v) is 6.15. The van der Waals surface area contributed by atoms with Gasteiger partial charge in [-0.15, -0.1) is 0 Å². The third-order valence-electron chi connectivity index (χ3n) is 4.31. The van der Waals surface area contributed by atoms with E-state index in [2.05, 4.69) is 15.6 Å². The highest BCUT2D eigenvalue weighted by Crippen LogP contribution is 2.12. The number of aliphatic imine (C=N–C) groups is 1. The Morgan fingerprint density at radius 3 is 2.18 bits per heavy atom. The summed E-state index contributed by atoms with van der Waals surface area (Å²) in [4.78, 5) is 18.2. The molecule has 1 aliphatic heterocycles. The number of sulfonamides is 1. The minimum absolute atomic E-state index is 0.00422. The van der Waals surface area contributed by atoms with Gasteiger partial charge in [-0.05, 0) is 13.8 Å². The molecule has 1 amide bonds. The molecule has 164 valence electrons. The Kier molecular flexibility index (Phi) is 9.65. The van der Waals surface area contributed by atoms with E-state index in [1.807, 2.05) is 39.5 Å². The lowest BCUT2D eigenvalue weighted by Crippen LogP contribution is -2.54. The van der Waals surface area contributed by atoms with Crippen LogP contribution >= 0.6 is 0 Å². The van der Waals surface area contributed by atoms with Crippen molar-refractivity contribution in [2.24, 2.45) is 10.4 Å². The van der Waals surface area contributed by atoms with Crippen molar-refractivity contribution >= 4 is 21.9 Å². The van der Waals surface area contributed by atoms with Gasteiger partial charge in [0.25, 0.3) is 0 Å². The molecule has 28 heavy (non-hydrogen) atoms. The van der Waals surface area contributed by atoms with Crippen molar-refractivity contribution in [2.75, 3.05) is 58.7 Å². The van der Waals surface area contributed by atoms with Crippen LogP contribution in [0.15, 0.2) is 4.99 Å². The van der Waals surface area contributed by atoms with Crippen molar-refractivity contribution in [1.29, 1.82) is 0 Å². The molecular formula is C18H37N5O4S. The van der Waals surface area contributed by atoms with E-state index in [9.17, 15) is 13.2 Å². The van der Waals surface area contributed by atoms with Gasteiger partial charge >= 0.3 is 0 Å². The van der Waals surface area contributed by atoms with E-state index in [0.29, 0.717) is 45.2 Å². The largest absolute Gasteiger partial charge is 0.378 e. The molecule has 0 bridgehead atoms. The second-order valence-corrected chi connectivity index (χ2v) is 10.2. The highest BCUT2D eigenvalue weighted by atomic mass is 32.2. The van der Waals surface area contributed by atoms with Crippen LogP contribution in [0.5, 0.6) is 0 Å². The Hall–Kier alpha value is -1.39. The summed E-state index contributed by atoms with van der Waals surface area (Å²) >= 11 is 0. The number of carbonyl (C=O) groups excluding carboxylic acids is 1. The fraction of sp³-hybridized carbons (Fsp3) is 0.889. The molecule has 0 saturated carbocycles. The molecule has 0 unspecified atom stereocenters. The van der Waals surface area contributed by atoms with E-state index in [4.69, 9.17) is 4.74 Å². The highest BCUT2D eigenvalue weighted by molar-refractivity contribution is 7.89. The average Bonchev–Trinajstić information content (AvgIpc) is 2.60. The first-order valence-electron chi connectivity index (χ1n) is 9.80. The van der Waals surface area contributed by atoms with Crippen LogP contribution in [0.1, 0.15) is 34.6 Å². The summed E-state index contributed by atoms with van der Waals surface area (Å²) in [6.45, 7) is 12.6. The summed E-state index contributed by atoms with van der Waals surface area (Å²) < 4.78 is 31.7. The van der Waals surface area contributed by atoms with Crippen LogP contribution in [0.2, 0.25) is 0 Å². The molecular weight excluding hydrogens is 382 g/mol. The SMILES string of the molecule is CN=C(NCCNC(=O)C(C)(C)C)N1CCN(S(=O)(=O)CCOC(C)C)CC1. The van der Waals surface area contributed by atoms with Gasteiger partial charge in [0.1, 0.15) is 0 Å². The maximum atomic E-state index is 12.4. The maximum Gasteiger partial charge on any atom is 0.225 e. The lowest BCUT2D eigenvalue weighted by Gasteiger charge is -2.35. The number of rotatable bonds is 8. The molecule has 0 aliphatic carbocycles. The third kappa shape index (κ3) is 8.32. The Morgan fingerprint density at radius 2 is 1.68 bits per heavy atom. The normalized spacial score (nSPS) is 17.1. The number of ether oxygens (including phenoxy) is 1. The number of nitrogens with one attached hydrogen (secondary N) is 2. The summed E-state index contributed by atoms with van der Waals surface area (Å²) in [5.74, 6) is 0.723. The Balaban J connectivity index is 2.41. The van der Waals surface area contributed by atoms with Crippen LogP contribution in [0.25, 0.3) is 0 Å². The zero-order valence-corrected chi connectivity index (χ0v) is 18.9. The van der Waals surface area contributed by atoms with Gasteiger partial charge in [-0.3, -0.25) is 9.79 Å². The molecule has 0 atom stereocenters. The fourth-order valence-electron chi connectivity index (χ4n) is 2.64. The zero-order chi connectivity index (χ0) is 21.4. The van der Waals surface area contributed by atoms with E-state index in [-0.39, 0.29) is 24.4 Å². The maximum absolute atomic E-state index is 12.4. The van der Waals surface area contributed by atoms with Crippen molar-refractivity contribution in [3.8, 4) is 0 Å². The van der Waals surface area contributed by atoms with E-state index in [1.54, 1.807) is 7.05 Å². The van der Waals surface area contributed by atoms with Crippen LogP contribution in [-0.4, -0.2) is 94.3 Å². The van der Waals surface area contributed by atoms with Gasteiger partial charge in [0.2, 0.25) is 15.9 Å². The zero-order valence-electron chi connectivity index (χ0n) is 18.1. The number of hydrogen-bond donors (Lipinski definition) is 2. The van der Waals surface area contributed by atoms with E-state index < -0.39 is 15.4 Å². The van der Waals surface area contributed by atoms with Gasteiger partial charge in [-0.25, -0.2) is 8.42 Å². The number of piperazine rings is 1. The van der Waals surface area contributed by atoms with Crippen molar-refractivity contribution in [2.45, 2.75) is 40.7 Å². The van der Waals surface area contributed by atoms with Gasteiger partial charge in [-0.1, -0.05) is 20.8 Å². The molecule has 0 spiro atoms. The summed E-state index contributed by atoms with van der Waals surface area (Å²) in [7, 11) is -1.61. The molecule has 1 aliphatic rings. The minimum atomic E-state index is -3.31. The predicted octanol–water partition coefficient (Wildman–Crippen LogP) is 0.0965. The van der Waals surface area contributed by atoms with Gasteiger partial charge in [0.15, 0.2) is 5.96 Å². The number of carbonyl (C=O) groups is 1. The molecule has 0 aromatic carbocycles. The van der Waals surface area contributed by atoms with Crippen LogP contribution in [0, 0.1) is 5.41 Å². The van der Waals surface area contributed by atoms with Crippen LogP contribution < -0.4 is 10.6 Å². The molecule has 2 N–H and O–H groups in total. The first kappa shape index (κ1) is 24.6. The van der Waals surface area contributed by atoms with Gasteiger partial charge < -0.3 is 20.3 Å². The van der Waals surface area contributed by atoms with Crippen LogP contribution in [0.4, 0.5) is 0 Å². The minimum Gasteiger partial charge on any atom is -0.378 e. The standard InChI is InChI=1S/C18H37N5O4S/c1-15(2)27-13-14-28(25,26)23-11-9-22(10-12-23)17(19-6)21-8-7-20-16(24)18(3,4)5/h15H,7-14H2,1-6H3,(H,19,21)(H,20,24). The van der Waals surface area contributed by atoms with Crippen LogP contribution in [0.3, 0.4) is 0 Å². The topological polar surface area (TPSA) is 103 Å². The van der Waals surface area contributed by atoms with E-state index in [0.717, 1.165) is 0 Å². The second kappa shape index (κ2) is 11.0.